The van der Waals surface area contributed by atoms with Gasteiger partial charge in [0, 0.05) is 26.3 Å². The molecule has 0 radical (unpaired) electrons. The summed E-state index contributed by atoms with van der Waals surface area (Å²) in [6, 6.07) is 0.515. The first-order valence-corrected chi connectivity index (χ1v) is 5.50. The first kappa shape index (κ1) is 12.0. The van der Waals surface area contributed by atoms with Crippen molar-refractivity contribution in [1.29, 1.82) is 0 Å². The molecule has 1 aliphatic rings. The first-order valence-electron chi connectivity index (χ1n) is 5.50. The number of hydrogen-bond donors (Lipinski definition) is 1. The van der Waals surface area contributed by atoms with Gasteiger partial charge in [-0.3, -0.25) is 4.90 Å². The summed E-state index contributed by atoms with van der Waals surface area (Å²) in [4.78, 5) is 2.36. The molecule has 3 heteroatoms. The van der Waals surface area contributed by atoms with Crippen molar-refractivity contribution in [2.45, 2.75) is 44.8 Å². The molecule has 0 aromatic heterocycles. The van der Waals surface area contributed by atoms with Crippen molar-refractivity contribution in [3.8, 4) is 0 Å². The summed E-state index contributed by atoms with van der Waals surface area (Å²) in [5.74, 6) is 0. The lowest BCUT2D eigenvalue weighted by Crippen LogP contribution is -2.49. The molecule has 14 heavy (non-hydrogen) atoms. The molecule has 3 nitrogen and oxygen atoms in total. The van der Waals surface area contributed by atoms with Crippen molar-refractivity contribution in [3.63, 3.8) is 0 Å². The number of hydrogen-bond acceptors (Lipinski definition) is 3. The van der Waals surface area contributed by atoms with E-state index in [9.17, 15) is 5.11 Å². The van der Waals surface area contributed by atoms with Gasteiger partial charge < -0.3 is 9.84 Å². The fraction of sp³-hybridized carbons (Fsp3) is 1.00. The summed E-state index contributed by atoms with van der Waals surface area (Å²) in [5.41, 5.74) is -0.487. The molecular formula is C11H23NO2. The topological polar surface area (TPSA) is 32.7 Å². The molecule has 0 amide bonds. The number of likely N-dealkylation sites (tertiary alicyclic amines) is 1. The summed E-state index contributed by atoms with van der Waals surface area (Å²) in [6.45, 7) is 6.86. The predicted octanol–water partition coefficient (Wildman–Crippen LogP) is 1.26. The normalized spacial score (nSPS) is 31.7. The van der Waals surface area contributed by atoms with Crippen LogP contribution in [-0.2, 0) is 4.74 Å². The summed E-state index contributed by atoms with van der Waals surface area (Å²) in [5, 5.41) is 9.95. The molecule has 1 N–H and O–H groups in total. The molecule has 0 aromatic rings. The zero-order valence-electron chi connectivity index (χ0n) is 9.62. The van der Waals surface area contributed by atoms with Gasteiger partial charge in [0.1, 0.15) is 0 Å². The fourth-order valence-corrected chi connectivity index (χ4v) is 2.11. The van der Waals surface area contributed by atoms with E-state index in [1.165, 1.54) is 0 Å². The zero-order valence-corrected chi connectivity index (χ0v) is 9.62. The Morgan fingerprint density at radius 3 is 2.86 bits per heavy atom. The van der Waals surface area contributed by atoms with Gasteiger partial charge in [0.05, 0.1) is 5.60 Å². The average Bonchev–Trinajstić information content (AvgIpc) is 2.12. The summed E-state index contributed by atoms with van der Waals surface area (Å²) < 4.78 is 5.07. The zero-order chi connectivity index (χ0) is 10.6. The molecule has 1 fully saturated rings. The summed E-state index contributed by atoms with van der Waals surface area (Å²) in [6.07, 6.45) is 3.08. The maximum absolute atomic E-state index is 9.95. The molecule has 1 aliphatic heterocycles. The van der Waals surface area contributed by atoms with E-state index < -0.39 is 5.60 Å². The average molecular weight is 201 g/mol. The minimum Gasteiger partial charge on any atom is -0.389 e. The Bertz CT molecular complexity index is 171. The van der Waals surface area contributed by atoms with Crippen LogP contribution in [-0.4, -0.2) is 48.5 Å². The molecule has 0 bridgehead atoms. The first-order chi connectivity index (χ1) is 6.55. The number of rotatable bonds is 4. The van der Waals surface area contributed by atoms with Gasteiger partial charge in [0.15, 0.2) is 0 Å². The van der Waals surface area contributed by atoms with E-state index in [1.807, 2.05) is 6.92 Å². The second-order valence-electron chi connectivity index (χ2n) is 4.70. The highest BCUT2D eigenvalue weighted by molar-refractivity contribution is 4.85. The van der Waals surface area contributed by atoms with Gasteiger partial charge in [-0.05, 0) is 39.7 Å². The number of aliphatic hydroxyl groups is 1. The van der Waals surface area contributed by atoms with E-state index in [0.29, 0.717) is 6.04 Å². The van der Waals surface area contributed by atoms with E-state index in [4.69, 9.17) is 4.74 Å². The van der Waals surface area contributed by atoms with Gasteiger partial charge >= 0.3 is 0 Å². The van der Waals surface area contributed by atoms with Crippen LogP contribution < -0.4 is 0 Å². The van der Waals surface area contributed by atoms with Gasteiger partial charge in [0.2, 0.25) is 0 Å². The van der Waals surface area contributed by atoms with Crippen molar-refractivity contribution >= 4 is 0 Å². The SMILES string of the molecule is COCCC(C)N1CCCC(C)(O)C1. The van der Waals surface area contributed by atoms with Gasteiger partial charge in [-0.1, -0.05) is 0 Å². The third-order valence-electron chi connectivity index (χ3n) is 3.07. The molecule has 1 saturated heterocycles. The number of β-amino-alcohol motifs (C(OH)–C–C–N with tert-alkyl or cyclic N) is 1. The smallest absolute Gasteiger partial charge is 0.0746 e. The molecule has 2 unspecified atom stereocenters. The third-order valence-corrected chi connectivity index (χ3v) is 3.07. The van der Waals surface area contributed by atoms with Crippen LogP contribution in [0.4, 0.5) is 0 Å². The second-order valence-corrected chi connectivity index (χ2v) is 4.70. The Morgan fingerprint density at radius 1 is 1.57 bits per heavy atom. The fourth-order valence-electron chi connectivity index (χ4n) is 2.11. The molecule has 0 saturated carbocycles. The van der Waals surface area contributed by atoms with Crippen LogP contribution in [0, 0.1) is 0 Å². The Kier molecular flexibility index (Phi) is 4.35. The maximum Gasteiger partial charge on any atom is 0.0746 e. The van der Waals surface area contributed by atoms with Gasteiger partial charge in [0.25, 0.3) is 0 Å². The van der Waals surface area contributed by atoms with Crippen molar-refractivity contribution in [3.05, 3.63) is 0 Å². The molecule has 0 aromatic carbocycles. The van der Waals surface area contributed by atoms with E-state index in [2.05, 4.69) is 11.8 Å². The van der Waals surface area contributed by atoms with Crippen molar-refractivity contribution < 1.29 is 9.84 Å². The van der Waals surface area contributed by atoms with E-state index in [0.717, 1.165) is 39.0 Å². The van der Waals surface area contributed by atoms with Gasteiger partial charge in [-0.15, -0.1) is 0 Å². The Hall–Kier alpha value is -0.120. The maximum atomic E-state index is 9.95. The molecule has 0 spiro atoms. The highest BCUT2D eigenvalue weighted by atomic mass is 16.5. The van der Waals surface area contributed by atoms with Crippen LogP contribution in [0.5, 0.6) is 0 Å². The Morgan fingerprint density at radius 2 is 2.29 bits per heavy atom. The molecule has 84 valence electrons. The van der Waals surface area contributed by atoms with Crippen LogP contribution >= 0.6 is 0 Å². The number of ether oxygens (including phenoxy) is 1. The number of methoxy groups -OCH3 is 1. The predicted molar refractivity (Wildman–Crippen MR) is 57.4 cm³/mol. The number of piperidine rings is 1. The lowest BCUT2D eigenvalue weighted by Gasteiger charge is -2.40. The molecule has 2 atom stereocenters. The van der Waals surface area contributed by atoms with Crippen LogP contribution in [0.2, 0.25) is 0 Å². The Balaban J connectivity index is 2.35. The van der Waals surface area contributed by atoms with Crippen LogP contribution in [0.3, 0.4) is 0 Å². The molecule has 1 rings (SSSR count). The van der Waals surface area contributed by atoms with Crippen molar-refractivity contribution in [2.24, 2.45) is 0 Å². The second kappa shape index (κ2) is 5.10. The monoisotopic (exact) mass is 201 g/mol. The van der Waals surface area contributed by atoms with E-state index in [1.54, 1.807) is 7.11 Å². The minimum atomic E-state index is -0.487. The lowest BCUT2D eigenvalue weighted by atomic mass is 9.94. The Labute approximate surface area is 87.1 Å². The van der Waals surface area contributed by atoms with Crippen molar-refractivity contribution in [2.75, 3.05) is 26.8 Å². The molecule has 1 heterocycles. The summed E-state index contributed by atoms with van der Waals surface area (Å²) in [7, 11) is 1.74. The van der Waals surface area contributed by atoms with E-state index in [-0.39, 0.29) is 0 Å². The largest absolute Gasteiger partial charge is 0.389 e. The standard InChI is InChI=1S/C11H23NO2/c1-10(5-8-14-3)12-7-4-6-11(2,13)9-12/h10,13H,4-9H2,1-3H3. The minimum absolute atomic E-state index is 0.487. The summed E-state index contributed by atoms with van der Waals surface area (Å²) >= 11 is 0. The third kappa shape index (κ3) is 3.56. The van der Waals surface area contributed by atoms with Crippen LogP contribution in [0.15, 0.2) is 0 Å². The quantitative estimate of drug-likeness (QED) is 0.743. The highest BCUT2D eigenvalue weighted by Crippen LogP contribution is 2.22. The van der Waals surface area contributed by atoms with Gasteiger partial charge in [-0.2, -0.15) is 0 Å². The van der Waals surface area contributed by atoms with E-state index >= 15 is 0 Å². The molecule has 0 aliphatic carbocycles. The molecular weight excluding hydrogens is 178 g/mol. The number of nitrogens with zero attached hydrogens (tertiary/aromatic N) is 1. The van der Waals surface area contributed by atoms with Gasteiger partial charge in [-0.25, -0.2) is 0 Å². The lowest BCUT2D eigenvalue weighted by molar-refractivity contribution is -0.0310. The van der Waals surface area contributed by atoms with Crippen LogP contribution in [0.25, 0.3) is 0 Å². The van der Waals surface area contributed by atoms with Crippen molar-refractivity contribution in [1.82, 2.24) is 4.90 Å². The highest BCUT2D eigenvalue weighted by Gasteiger charge is 2.30. The van der Waals surface area contributed by atoms with Crippen LogP contribution in [0.1, 0.15) is 33.1 Å².